The number of likely N-dealkylation sites (tertiary alicyclic amines) is 1. The van der Waals surface area contributed by atoms with Gasteiger partial charge in [-0.15, -0.1) is 0 Å². The van der Waals surface area contributed by atoms with Gasteiger partial charge >= 0.3 is 0 Å². The summed E-state index contributed by atoms with van der Waals surface area (Å²) in [5.74, 6) is 0.797. The Morgan fingerprint density at radius 1 is 1.14 bits per heavy atom. The quantitative estimate of drug-likeness (QED) is 0.735. The van der Waals surface area contributed by atoms with Gasteiger partial charge in [-0.05, 0) is 31.0 Å². The van der Waals surface area contributed by atoms with Gasteiger partial charge in [0.25, 0.3) is 5.91 Å². The van der Waals surface area contributed by atoms with Gasteiger partial charge < -0.3 is 14.8 Å². The highest BCUT2D eigenvalue weighted by atomic mass is 16.2. The zero-order valence-electron chi connectivity index (χ0n) is 16.2. The molecule has 4 heterocycles. The molecule has 4 rings (SSSR count). The van der Waals surface area contributed by atoms with Crippen LogP contribution in [0.3, 0.4) is 0 Å². The predicted octanol–water partition coefficient (Wildman–Crippen LogP) is 2.33. The number of anilines is 2. The first-order chi connectivity index (χ1) is 14.1. The summed E-state index contributed by atoms with van der Waals surface area (Å²) >= 11 is 0. The van der Waals surface area contributed by atoms with E-state index in [0.29, 0.717) is 24.5 Å². The molecular weight excluding hydrogens is 368 g/mol. The fraction of sp³-hybridized carbons (Fsp3) is 0.286. The van der Waals surface area contributed by atoms with E-state index in [1.165, 1.54) is 10.6 Å². The van der Waals surface area contributed by atoms with Crippen LogP contribution < -0.4 is 10.9 Å². The highest BCUT2D eigenvalue weighted by Gasteiger charge is 2.26. The average Bonchev–Trinajstić information content (AvgIpc) is 2.76. The van der Waals surface area contributed by atoms with Crippen LogP contribution in [-0.4, -0.2) is 43.4 Å². The van der Waals surface area contributed by atoms with Crippen LogP contribution in [0.15, 0.2) is 60.0 Å². The molecule has 1 unspecified atom stereocenters. The maximum absolute atomic E-state index is 12.9. The molecule has 0 bridgehead atoms. The summed E-state index contributed by atoms with van der Waals surface area (Å²) in [7, 11) is 1.65. The lowest BCUT2D eigenvalue weighted by Crippen LogP contribution is -2.39. The molecule has 0 spiro atoms. The zero-order chi connectivity index (χ0) is 20.2. The minimum absolute atomic E-state index is 0.0498. The minimum Gasteiger partial charge on any atom is -0.338 e. The third kappa shape index (κ3) is 4.31. The van der Waals surface area contributed by atoms with Gasteiger partial charge in [-0.25, -0.2) is 4.98 Å². The fourth-order valence-corrected chi connectivity index (χ4v) is 3.54. The number of aromatic nitrogens is 4. The van der Waals surface area contributed by atoms with E-state index in [2.05, 4.69) is 20.3 Å². The van der Waals surface area contributed by atoms with Crippen molar-refractivity contribution in [3.8, 4) is 0 Å². The van der Waals surface area contributed by atoms with Gasteiger partial charge in [0, 0.05) is 56.4 Å². The summed E-state index contributed by atoms with van der Waals surface area (Å²) in [5.41, 5.74) is 2.21. The molecule has 0 aliphatic carbocycles. The summed E-state index contributed by atoms with van der Waals surface area (Å²) in [6.45, 7) is 1.33. The van der Waals surface area contributed by atoms with Crippen molar-refractivity contribution in [3.63, 3.8) is 0 Å². The zero-order valence-corrected chi connectivity index (χ0v) is 16.2. The van der Waals surface area contributed by atoms with Crippen LogP contribution in [0.2, 0.25) is 0 Å². The number of rotatable bonds is 4. The van der Waals surface area contributed by atoms with Gasteiger partial charge in [0.2, 0.25) is 5.56 Å². The van der Waals surface area contributed by atoms with Crippen molar-refractivity contribution >= 4 is 17.4 Å². The fourth-order valence-electron chi connectivity index (χ4n) is 3.54. The molecule has 0 saturated carbocycles. The molecule has 3 aromatic rings. The lowest BCUT2D eigenvalue weighted by Gasteiger charge is -2.32. The maximum atomic E-state index is 12.9. The molecule has 8 heteroatoms. The Labute approximate surface area is 168 Å². The van der Waals surface area contributed by atoms with E-state index in [-0.39, 0.29) is 17.4 Å². The SMILES string of the molecule is Cn1cc(C(=O)N2CCCC(c3ccc(Nc4cnccn4)cn3)C2)ccc1=O. The van der Waals surface area contributed by atoms with Crippen LogP contribution in [0.4, 0.5) is 11.5 Å². The largest absolute Gasteiger partial charge is 0.338 e. The van der Waals surface area contributed by atoms with Crippen LogP contribution >= 0.6 is 0 Å². The van der Waals surface area contributed by atoms with Crippen molar-refractivity contribution in [3.05, 3.63) is 76.9 Å². The molecule has 1 aliphatic rings. The van der Waals surface area contributed by atoms with Gasteiger partial charge in [-0.2, -0.15) is 0 Å². The van der Waals surface area contributed by atoms with Gasteiger partial charge in [0.1, 0.15) is 5.82 Å². The second kappa shape index (κ2) is 8.22. The Morgan fingerprint density at radius 3 is 2.76 bits per heavy atom. The number of carbonyl (C=O) groups is 1. The number of aryl methyl sites for hydroxylation is 1. The summed E-state index contributed by atoms with van der Waals surface area (Å²) in [6, 6.07) is 6.98. The first kappa shape index (κ1) is 18.8. The van der Waals surface area contributed by atoms with Crippen LogP contribution in [0.25, 0.3) is 0 Å². The van der Waals surface area contributed by atoms with Gasteiger partial charge in [0.15, 0.2) is 0 Å². The second-order valence-corrected chi connectivity index (χ2v) is 7.14. The van der Waals surface area contributed by atoms with Crippen LogP contribution in [-0.2, 0) is 7.05 Å². The summed E-state index contributed by atoms with van der Waals surface area (Å²) in [5, 5.41) is 3.16. The second-order valence-electron chi connectivity index (χ2n) is 7.14. The molecule has 0 radical (unpaired) electrons. The van der Waals surface area contributed by atoms with Crippen molar-refractivity contribution in [2.24, 2.45) is 7.05 Å². The van der Waals surface area contributed by atoms with E-state index in [1.54, 1.807) is 44.1 Å². The van der Waals surface area contributed by atoms with E-state index >= 15 is 0 Å². The lowest BCUT2D eigenvalue weighted by atomic mass is 9.94. The number of pyridine rings is 2. The van der Waals surface area contributed by atoms with E-state index in [9.17, 15) is 9.59 Å². The number of hydrogen-bond acceptors (Lipinski definition) is 6. The van der Waals surface area contributed by atoms with Gasteiger partial charge in [-0.1, -0.05) is 0 Å². The first-order valence-electron chi connectivity index (χ1n) is 9.55. The molecule has 8 nitrogen and oxygen atoms in total. The van der Waals surface area contributed by atoms with Crippen molar-refractivity contribution < 1.29 is 4.79 Å². The third-order valence-electron chi connectivity index (χ3n) is 5.08. The van der Waals surface area contributed by atoms with E-state index in [4.69, 9.17) is 0 Å². The van der Waals surface area contributed by atoms with Crippen LogP contribution in [0.5, 0.6) is 0 Å². The van der Waals surface area contributed by atoms with E-state index in [0.717, 1.165) is 24.2 Å². The Bertz CT molecular complexity index is 1050. The summed E-state index contributed by atoms with van der Waals surface area (Å²) in [4.78, 5) is 39.1. The molecule has 1 N–H and O–H groups in total. The van der Waals surface area contributed by atoms with Crippen molar-refractivity contribution in [2.75, 3.05) is 18.4 Å². The third-order valence-corrected chi connectivity index (χ3v) is 5.08. The number of nitrogens with one attached hydrogen (secondary N) is 1. The summed E-state index contributed by atoms with van der Waals surface area (Å²) < 4.78 is 1.43. The van der Waals surface area contributed by atoms with Crippen molar-refractivity contribution in [2.45, 2.75) is 18.8 Å². The van der Waals surface area contributed by atoms with Gasteiger partial charge in [-0.3, -0.25) is 19.6 Å². The number of hydrogen-bond donors (Lipinski definition) is 1. The monoisotopic (exact) mass is 390 g/mol. The average molecular weight is 390 g/mol. The topological polar surface area (TPSA) is 93.0 Å². The standard InChI is InChI=1S/C21H22N6O2/c1-26-13-16(4-7-20(26)28)21(29)27-10-2-3-15(14-27)18-6-5-17(11-24-18)25-19-12-22-8-9-23-19/h4-9,11-13,15H,2-3,10,14H2,1H3,(H,23,25). The van der Waals surface area contributed by atoms with Gasteiger partial charge in [0.05, 0.1) is 23.6 Å². The molecule has 1 amide bonds. The van der Waals surface area contributed by atoms with Crippen LogP contribution in [0.1, 0.15) is 34.8 Å². The minimum atomic E-state index is -0.127. The normalized spacial score (nSPS) is 16.4. The molecular formula is C21H22N6O2. The number of carbonyl (C=O) groups excluding carboxylic acids is 1. The Kier molecular flexibility index (Phi) is 5.33. The Balaban J connectivity index is 1.44. The number of amides is 1. The molecule has 148 valence electrons. The smallest absolute Gasteiger partial charge is 0.255 e. The van der Waals surface area contributed by atoms with E-state index < -0.39 is 0 Å². The Hall–Kier alpha value is -3.55. The predicted molar refractivity (Wildman–Crippen MR) is 109 cm³/mol. The highest BCUT2D eigenvalue weighted by molar-refractivity contribution is 5.94. The molecule has 29 heavy (non-hydrogen) atoms. The molecule has 1 fully saturated rings. The maximum Gasteiger partial charge on any atom is 0.255 e. The molecule has 1 saturated heterocycles. The van der Waals surface area contributed by atoms with Crippen molar-refractivity contribution in [1.29, 1.82) is 0 Å². The molecule has 1 aliphatic heterocycles. The molecule has 1 atom stereocenters. The lowest BCUT2D eigenvalue weighted by molar-refractivity contribution is 0.0705. The number of piperidine rings is 1. The summed E-state index contributed by atoms with van der Waals surface area (Å²) in [6.07, 6.45) is 10.2. The van der Waals surface area contributed by atoms with Crippen LogP contribution in [0, 0.1) is 0 Å². The first-order valence-corrected chi connectivity index (χ1v) is 9.55. The van der Waals surface area contributed by atoms with Crippen molar-refractivity contribution in [1.82, 2.24) is 24.4 Å². The highest BCUT2D eigenvalue weighted by Crippen LogP contribution is 2.27. The molecule has 3 aromatic heterocycles. The van der Waals surface area contributed by atoms with E-state index in [1.807, 2.05) is 17.0 Å². The Morgan fingerprint density at radius 2 is 2.03 bits per heavy atom. The number of nitrogens with zero attached hydrogens (tertiary/aromatic N) is 5. The molecule has 0 aromatic carbocycles.